The molecule has 0 saturated carbocycles. The Kier molecular flexibility index (Phi) is 8.23. The zero-order valence-corrected chi connectivity index (χ0v) is 23.7. The van der Waals surface area contributed by atoms with Gasteiger partial charge in [0.1, 0.15) is 6.61 Å². The molecule has 4 rings (SSSR count). The first-order valence-electron chi connectivity index (χ1n) is 12.1. The summed E-state index contributed by atoms with van der Waals surface area (Å²) in [5, 5.41) is 1.11. The SMILES string of the molecule is COc1cc(/C=C2/SC(=S)N(NC(=O)c3ccccc3C)C2=O)ccc1OCc1ccc(C(C)(C)C)cc1. The molecule has 0 radical (unpaired) electrons. The lowest BCUT2D eigenvalue weighted by Crippen LogP contribution is -2.45. The number of nitrogens with one attached hydrogen (secondary N) is 1. The lowest BCUT2D eigenvalue weighted by atomic mass is 9.87. The molecule has 0 unspecified atom stereocenters. The monoisotopic (exact) mass is 546 g/mol. The van der Waals surface area contributed by atoms with E-state index in [-0.39, 0.29) is 15.6 Å². The van der Waals surface area contributed by atoms with Crippen molar-refractivity contribution in [3.8, 4) is 11.5 Å². The number of rotatable bonds is 7. The molecule has 8 heteroatoms. The quantitative estimate of drug-likeness (QED) is 0.272. The van der Waals surface area contributed by atoms with Gasteiger partial charge in [0, 0.05) is 5.56 Å². The minimum absolute atomic E-state index is 0.0965. The number of nitrogens with zero attached hydrogens (tertiary/aromatic N) is 1. The first kappa shape index (κ1) is 27.4. The molecule has 2 amide bonds. The van der Waals surface area contributed by atoms with Crippen molar-refractivity contribution in [2.24, 2.45) is 0 Å². The molecule has 1 heterocycles. The van der Waals surface area contributed by atoms with E-state index in [0.717, 1.165) is 33.5 Å². The van der Waals surface area contributed by atoms with Crippen LogP contribution in [0.3, 0.4) is 0 Å². The van der Waals surface area contributed by atoms with Crippen LogP contribution in [0.15, 0.2) is 71.6 Å². The number of amides is 2. The van der Waals surface area contributed by atoms with Gasteiger partial charge in [0.2, 0.25) is 0 Å². The number of aryl methyl sites for hydroxylation is 1. The number of carbonyl (C=O) groups is 2. The molecule has 0 aliphatic carbocycles. The van der Waals surface area contributed by atoms with Gasteiger partial charge in [-0.1, -0.05) is 81.1 Å². The number of thiocarbonyl (C=S) groups is 1. The van der Waals surface area contributed by atoms with Crippen LogP contribution in [0.1, 0.15) is 53.4 Å². The highest BCUT2D eigenvalue weighted by molar-refractivity contribution is 8.26. The summed E-state index contributed by atoms with van der Waals surface area (Å²) in [7, 11) is 1.57. The third-order valence-electron chi connectivity index (χ3n) is 6.10. The van der Waals surface area contributed by atoms with Crippen LogP contribution < -0.4 is 14.9 Å². The lowest BCUT2D eigenvalue weighted by Gasteiger charge is -2.19. The van der Waals surface area contributed by atoms with Gasteiger partial charge in [0.25, 0.3) is 11.8 Å². The molecule has 196 valence electrons. The van der Waals surface area contributed by atoms with Gasteiger partial charge in [-0.2, -0.15) is 5.01 Å². The van der Waals surface area contributed by atoms with Crippen LogP contribution >= 0.6 is 24.0 Å². The Morgan fingerprint density at radius 1 is 1.05 bits per heavy atom. The number of hydrogen-bond acceptors (Lipinski definition) is 6. The molecule has 3 aromatic carbocycles. The number of ether oxygens (including phenoxy) is 2. The molecular weight excluding hydrogens is 516 g/mol. The molecule has 38 heavy (non-hydrogen) atoms. The summed E-state index contributed by atoms with van der Waals surface area (Å²) in [5.41, 5.74) is 7.08. The predicted molar refractivity (Wildman–Crippen MR) is 156 cm³/mol. The first-order valence-corrected chi connectivity index (χ1v) is 13.3. The molecule has 1 aliphatic heterocycles. The molecule has 0 spiro atoms. The fourth-order valence-corrected chi connectivity index (χ4v) is 5.04. The summed E-state index contributed by atoms with van der Waals surface area (Å²) in [6.07, 6.45) is 1.72. The normalized spacial score (nSPS) is 14.7. The fourth-order valence-electron chi connectivity index (χ4n) is 3.86. The maximum absolute atomic E-state index is 13.0. The topological polar surface area (TPSA) is 67.9 Å². The number of carbonyl (C=O) groups excluding carboxylic acids is 2. The number of benzene rings is 3. The van der Waals surface area contributed by atoms with E-state index >= 15 is 0 Å². The molecule has 1 fully saturated rings. The fraction of sp³-hybridized carbons (Fsp3) is 0.233. The van der Waals surface area contributed by atoms with E-state index in [0.29, 0.717) is 28.6 Å². The largest absolute Gasteiger partial charge is 0.493 e. The van der Waals surface area contributed by atoms with Gasteiger partial charge in [-0.25, -0.2) is 0 Å². The van der Waals surface area contributed by atoms with Crippen molar-refractivity contribution in [3.05, 3.63) is 99.5 Å². The molecule has 1 aliphatic rings. The average Bonchev–Trinajstić information content (AvgIpc) is 3.14. The van der Waals surface area contributed by atoms with Crippen LogP contribution in [0.5, 0.6) is 11.5 Å². The van der Waals surface area contributed by atoms with E-state index < -0.39 is 5.91 Å². The molecule has 0 aromatic heterocycles. The maximum Gasteiger partial charge on any atom is 0.285 e. The summed E-state index contributed by atoms with van der Waals surface area (Å²) in [5.74, 6) is 0.368. The highest BCUT2D eigenvalue weighted by Gasteiger charge is 2.34. The van der Waals surface area contributed by atoms with Gasteiger partial charge >= 0.3 is 0 Å². The first-order chi connectivity index (χ1) is 18.1. The van der Waals surface area contributed by atoms with Gasteiger partial charge in [-0.05, 0) is 71.1 Å². The van der Waals surface area contributed by atoms with E-state index in [1.54, 1.807) is 31.4 Å². The van der Waals surface area contributed by atoms with Crippen LogP contribution in [0.4, 0.5) is 0 Å². The Labute approximate surface area is 233 Å². The Bertz CT molecular complexity index is 1410. The summed E-state index contributed by atoms with van der Waals surface area (Å²) in [6.45, 7) is 8.79. The van der Waals surface area contributed by atoms with Gasteiger partial charge in [-0.3, -0.25) is 15.0 Å². The second kappa shape index (κ2) is 11.4. The van der Waals surface area contributed by atoms with Crippen LogP contribution in [0.25, 0.3) is 6.08 Å². The maximum atomic E-state index is 13.0. The third-order valence-corrected chi connectivity index (χ3v) is 7.40. The summed E-state index contributed by atoms with van der Waals surface area (Å²) in [4.78, 5) is 26.1. The van der Waals surface area contributed by atoms with Gasteiger partial charge < -0.3 is 9.47 Å². The Morgan fingerprint density at radius 3 is 2.42 bits per heavy atom. The van der Waals surface area contributed by atoms with Gasteiger partial charge in [-0.15, -0.1) is 0 Å². The van der Waals surface area contributed by atoms with Crippen LogP contribution in [-0.4, -0.2) is 28.3 Å². The molecule has 1 N–H and O–H groups in total. The van der Waals surface area contributed by atoms with E-state index in [1.807, 2.05) is 31.2 Å². The van der Waals surface area contributed by atoms with Crippen molar-refractivity contribution in [2.45, 2.75) is 39.7 Å². The lowest BCUT2D eigenvalue weighted by molar-refractivity contribution is -0.123. The van der Waals surface area contributed by atoms with E-state index in [4.69, 9.17) is 21.7 Å². The van der Waals surface area contributed by atoms with Gasteiger partial charge in [0.15, 0.2) is 15.8 Å². The molecule has 0 bridgehead atoms. The summed E-state index contributed by atoms with van der Waals surface area (Å²) in [6, 6.07) is 21.0. The van der Waals surface area contributed by atoms with E-state index in [9.17, 15) is 9.59 Å². The van der Waals surface area contributed by atoms with Crippen LogP contribution in [0.2, 0.25) is 0 Å². The summed E-state index contributed by atoms with van der Waals surface area (Å²) < 4.78 is 11.8. The van der Waals surface area contributed by atoms with Crippen molar-refractivity contribution in [1.82, 2.24) is 10.4 Å². The molecule has 6 nitrogen and oxygen atoms in total. The number of methoxy groups -OCH3 is 1. The highest BCUT2D eigenvalue weighted by atomic mass is 32.2. The third kappa shape index (κ3) is 6.26. The zero-order chi connectivity index (χ0) is 27.4. The molecule has 1 saturated heterocycles. The minimum atomic E-state index is -0.392. The van der Waals surface area contributed by atoms with E-state index in [1.165, 1.54) is 5.56 Å². The van der Waals surface area contributed by atoms with Crippen molar-refractivity contribution >= 4 is 46.2 Å². The second-order valence-corrected chi connectivity index (χ2v) is 11.6. The Morgan fingerprint density at radius 2 is 1.76 bits per heavy atom. The number of hydrogen-bond donors (Lipinski definition) is 1. The van der Waals surface area contributed by atoms with Crippen molar-refractivity contribution in [1.29, 1.82) is 0 Å². The van der Waals surface area contributed by atoms with Crippen LogP contribution in [-0.2, 0) is 16.8 Å². The average molecular weight is 547 g/mol. The van der Waals surface area contributed by atoms with Crippen molar-refractivity contribution in [2.75, 3.05) is 7.11 Å². The van der Waals surface area contributed by atoms with Crippen molar-refractivity contribution in [3.63, 3.8) is 0 Å². The van der Waals surface area contributed by atoms with Gasteiger partial charge in [0.05, 0.1) is 12.0 Å². The van der Waals surface area contributed by atoms with E-state index in [2.05, 4.69) is 50.5 Å². The van der Waals surface area contributed by atoms with Crippen molar-refractivity contribution < 1.29 is 19.1 Å². The standard InChI is InChI=1S/C30H30N2O4S2/c1-19-8-6-7-9-23(19)27(33)31-32-28(34)26(38-29(32)37)17-21-12-15-24(25(16-21)35-5)36-18-20-10-13-22(14-11-20)30(2,3)4/h6-17H,18H2,1-5H3,(H,31,33)/b26-17+. The highest BCUT2D eigenvalue weighted by Crippen LogP contribution is 2.34. The molecule has 0 atom stereocenters. The molecular formula is C30H30N2O4S2. The zero-order valence-electron chi connectivity index (χ0n) is 22.0. The summed E-state index contributed by atoms with van der Waals surface area (Å²) >= 11 is 6.49. The predicted octanol–water partition coefficient (Wildman–Crippen LogP) is 6.43. The van der Waals surface area contributed by atoms with Crippen LogP contribution in [0, 0.1) is 6.92 Å². The Balaban J connectivity index is 1.45. The minimum Gasteiger partial charge on any atom is -0.493 e. The molecule has 3 aromatic rings. The number of thioether (sulfide) groups is 1. The Hall–Kier alpha value is -3.62. The second-order valence-electron chi connectivity index (χ2n) is 9.92. The smallest absolute Gasteiger partial charge is 0.285 e. The number of hydrazine groups is 1.